The van der Waals surface area contributed by atoms with Crippen molar-refractivity contribution in [3.8, 4) is 0 Å². The van der Waals surface area contributed by atoms with Crippen LogP contribution in [0.1, 0.15) is 17.5 Å². The van der Waals surface area contributed by atoms with Crippen molar-refractivity contribution in [1.82, 2.24) is 0 Å². The molecule has 0 bridgehead atoms. The molecule has 7 heteroatoms. The summed E-state index contributed by atoms with van der Waals surface area (Å²) in [5, 5.41) is 0. The Hall–Kier alpha value is -3.00. The minimum atomic E-state index is -4.94. The molecule has 34 heavy (non-hydrogen) atoms. The third kappa shape index (κ3) is 10.3. The van der Waals surface area contributed by atoms with Crippen molar-refractivity contribution in [2.24, 2.45) is 0 Å². The highest BCUT2D eigenvalue weighted by atomic mass is 35.7. The maximum atomic E-state index is 8.49. The van der Waals surface area contributed by atoms with Crippen LogP contribution in [0.4, 0.5) is 5.69 Å². The first-order valence-corrected chi connectivity index (χ1v) is 12.0. The van der Waals surface area contributed by atoms with Crippen molar-refractivity contribution in [3.63, 3.8) is 0 Å². The highest BCUT2D eigenvalue weighted by molar-refractivity contribution is 6.02. The lowest BCUT2D eigenvalue weighted by atomic mass is 9.97. The van der Waals surface area contributed by atoms with E-state index in [0.717, 1.165) is 12.8 Å². The fourth-order valence-electron chi connectivity index (χ4n) is 3.30. The van der Waals surface area contributed by atoms with E-state index in [1.807, 2.05) is 0 Å². The fourth-order valence-corrected chi connectivity index (χ4v) is 3.30. The molecule has 0 amide bonds. The van der Waals surface area contributed by atoms with Crippen molar-refractivity contribution >= 4 is 17.0 Å². The number of aryl methyl sites for hydroxylation is 1. The van der Waals surface area contributed by atoms with Crippen molar-refractivity contribution < 1.29 is 33.5 Å². The minimum absolute atomic E-state index is 1.01. The van der Waals surface area contributed by atoms with Crippen LogP contribution in [-0.2, 0) is 6.42 Å². The van der Waals surface area contributed by atoms with Crippen LogP contribution in [0.3, 0.4) is 0 Å². The van der Waals surface area contributed by atoms with E-state index in [-0.39, 0.29) is 0 Å². The molecular weight excluding hydrogens is 452 g/mol. The van der Waals surface area contributed by atoms with E-state index in [1.54, 1.807) is 0 Å². The van der Waals surface area contributed by atoms with Gasteiger partial charge in [0, 0.05) is 31.9 Å². The van der Waals surface area contributed by atoms with E-state index >= 15 is 0 Å². The van der Waals surface area contributed by atoms with E-state index in [9.17, 15) is 0 Å². The van der Waals surface area contributed by atoms with E-state index in [1.165, 1.54) is 33.7 Å². The first-order valence-electron chi connectivity index (χ1n) is 10.8. The second-order valence-corrected chi connectivity index (χ2v) is 8.91. The van der Waals surface area contributed by atoms with Crippen LogP contribution < -0.4 is 23.5 Å². The predicted molar refractivity (Wildman–Crippen MR) is 127 cm³/mol. The van der Waals surface area contributed by atoms with Crippen LogP contribution in [-0.4, -0.2) is 38.5 Å². The molecule has 0 saturated carbocycles. The molecule has 180 valence electrons. The molecule has 6 nitrogen and oxygen atoms in total. The Morgan fingerprint density at radius 1 is 0.853 bits per heavy atom. The van der Waals surface area contributed by atoms with Crippen LogP contribution in [0.5, 0.6) is 0 Å². The summed E-state index contributed by atoms with van der Waals surface area (Å²) in [6.45, 7) is 0. The number of hydrogen-bond donors (Lipinski definition) is 0. The first-order chi connectivity index (χ1) is 16.0. The molecule has 0 unspecified atom stereocenters. The molecule has 0 fully saturated rings. The Labute approximate surface area is 204 Å². The lowest BCUT2D eigenvalue weighted by molar-refractivity contribution is -2.00. The Balaban J connectivity index is 0.000000739. The monoisotopic (exact) mass is 482 g/mol. The first kappa shape index (κ1) is 27.2. The zero-order chi connectivity index (χ0) is 25.1. The summed E-state index contributed by atoms with van der Waals surface area (Å²) in [5.41, 5.74) is 7.70. The van der Waals surface area contributed by atoms with Gasteiger partial charge in [-0.05, 0) is 59.4 Å². The normalized spacial score (nSPS) is 13.4. The van der Waals surface area contributed by atoms with Crippen molar-refractivity contribution in [2.75, 3.05) is 33.1 Å². The van der Waals surface area contributed by atoms with Gasteiger partial charge in [-0.2, -0.15) is 0 Å². The largest absolute Gasteiger partial charge is 0.378 e. The molecule has 0 atom stereocenters. The standard InChI is InChI=1S/C27H31N2.ClHO4/c1-28(2)26-18-12-22(13-19-26)10-16-25(24-8-6-5-7-9-24)17-11-23-14-20-27(21-15-23)29(3)4;2-1(3,4)5/h5-10,12-16,18-21H,11,17H2,1-4H3;(H,2,3,4,5)/q+1;/p-1. The summed E-state index contributed by atoms with van der Waals surface area (Å²) in [6.07, 6.45) is 15.2. The van der Waals surface area contributed by atoms with Gasteiger partial charge in [-0.1, -0.05) is 54.6 Å². The number of rotatable bonds is 6. The molecule has 0 spiro atoms. The lowest BCUT2D eigenvalue weighted by Crippen LogP contribution is -2.68. The van der Waals surface area contributed by atoms with Gasteiger partial charge in [0.15, 0.2) is 5.71 Å². The predicted octanol–water partition coefficient (Wildman–Crippen LogP) is 0.778. The maximum absolute atomic E-state index is 8.49. The van der Waals surface area contributed by atoms with E-state index in [2.05, 4.69) is 129 Å². The summed E-state index contributed by atoms with van der Waals surface area (Å²) in [6, 6.07) is 19.6. The average Bonchev–Trinajstić information content (AvgIpc) is 2.79. The van der Waals surface area contributed by atoms with Crippen molar-refractivity contribution in [1.29, 1.82) is 0 Å². The number of anilines is 1. The van der Waals surface area contributed by atoms with Crippen LogP contribution in [0.2, 0.25) is 0 Å². The number of halogens is 1. The van der Waals surface area contributed by atoms with E-state index in [4.69, 9.17) is 18.6 Å². The van der Waals surface area contributed by atoms with Crippen LogP contribution in [0.15, 0.2) is 96.6 Å². The minimum Gasteiger partial charge on any atom is -0.378 e. The van der Waals surface area contributed by atoms with Gasteiger partial charge < -0.3 is 4.90 Å². The molecule has 0 radical (unpaired) electrons. The molecule has 0 aliphatic heterocycles. The van der Waals surface area contributed by atoms with Crippen molar-refractivity contribution in [3.05, 3.63) is 108 Å². The van der Waals surface area contributed by atoms with Crippen molar-refractivity contribution in [2.45, 2.75) is 12.8 Å². The molecule has 0 aromatic heterocycles. The molecule has 0 N–H and O–H groups in total. The molecule has 0 heterocycles. The van der Waals surface area contributed by atoms with Gasteiger partial charge >= 0.3 is 0 Å². The molecule has 3 rings (SSSR count). The summed E-state index contributed by atoms with van der Waals surface area (Å²) in [4.78, 5) is 2.13. The van der Waals surface area contributed by atoms with E-state index < -0.39 is 10.2 Å². The molecular formula is C27H31ClN2O4. The second-order valence-electron chi connectivity index (χ2n) is 8.15. The Morgan fingerprint density at radius 2 is 1.41 bits per heavy atom. The SMILES string of the molecule is CN(C)c1ccc(CCC(=CC=C2C=CC(=[N+](C)C)C=C2)c2ccccc2)cc1.[O-][Cl+3]([O-])([O-])[O-]. The summed E-state index contributed by atoms with van der Waals surface area (Å²) in [7, 11) is 3.34. The Kier molecular flexibility index (Phi) is 10.4. The molecule has 2 aromatic carbocycles. The van der Waals surface area contributed by atoms with Gasteiger partial charge in [0.1, 0.15) is 14.1 Å². The average molecular weight is 483 g/mol. The number of allylic oxidation sites excluding steroid dienone is 8. The van der Waals surface area contributed by atoms with Crippen LogP contribution in [0, 0.1) is 10.2 Å². The second kappa shape index (κ2) is 13.0. The Bertz CT molecular complexity index is 1050. The van der Waals surface area contributed by atoms with Gasteiger partial charge in [0.05, 0.1) is 0 Å². The highest BCUT2D eigenvalue weighted by Crippen LogP contribution is 2.22. The summed E-state index contributed by atoms with van der Waals surface area (Å²) in [5.74, 6) is 0. The zero-order valence-electron chi connectivity index (χ0n) is 20.0. The van der Waals surface area contributed by atoms with Gasteiger partial charge in [0.2, 0.25) is 0 Å². The third-order valence-corrected chi connectivity index (χ3v) is 5.17. The fraction of sp³-hybridized carbons (Fsp3) is 0.222. The third-order valence-electron chi connectivity index (χ3n) is 5.17. The van der Waals surface area contributed by atoms with Crippen LogP contribution in [0.25, 0.3) is 5.57 Å². The van der Waals surface area contributed by atoms with Gasteiger partial charge in [-0.25, -0.2) is 23.2 Å². The topological polar surface area (TPSA) is 98.5 Å². The summed E-state index contributed by atoms with van der Waals surface area (Å²) < 4.78 is 36.1. The molecule has 1 aliphatic rings. The molecule has 1 aliphatic carbocycles. The number of hydrogen-bond acceptors (Lipinski definition) is 5. The quantitative estimate of drug-likeness (QED) is 0.566. The number of benzene rings is 2. The van der Waals surface area contributed by atoms with Crippen LogP contribution >= 0.6 is 0 Å². The highest BCUT2D eigenvalue weighted by Gasteiger charge is 2.05. The molecule has 2 aromatic rings. The van der Waals surface area contributed by atoms with Gasteiger partial charge in [-0.3, -0.25) is 0 Å². The number of nitrogens with zero attached hydrogens (tertiary/aromatic N) is 2. The molecule has 0 saturated heterocycles. The van der Waals surface area contributed by atoms with Gasteiger partial charge in [-0.15, -0.1) is 10.2 Å². The maximum Gasteiger partial charge on any atom is 0.199 e. The summed E-state index contributed by atoms with van der Waals surface area (Å²) >= 11 is 0. The van der Waals surface area contributed by atoms with E-state index in [0.29, 0.717) is 0 Å². The lowest BCUT2D eigenvalue weighted by Gasteiger charge is -2.17. The smallest absolute Gasteiger partial charge is 0.199 e. The van der Waals surface area contributed by atoms with Gasteiger partial charge in [0.25, 0.3) is 0 Å². The Morgan fingerprint density at radius 3 is 1.91 bits per heavy atom. The zero-order valence-corrected chi connectivity index (χ0v) is 20.7.